The van der Waals surface area contributed by atoms with E-state index in [0.717, 1.165) is 17.5 Å². The summed E-state index contributed by atoms with van der Waals surface area (Å²) in [6.45, 7) is 6.59. The maximum Gasteiger partial charge on any atom is 0.246 e. The van der Waals surface area contributed by atoms with Crippen molar-refractivity contribution < 1.29 is 25.0 Å². The van der Waals surface area contributed by atoms with E-state index in [4.69, 9.17) is 0 Å². The topological polar surface area (TPSA) is 151 Å². The molecule has 0 aliphatic carbocycles. The van der Waals surface area contributed by atoms with Crippen LogP contribution in [-0.4, -0.2) is 54.0 Å². The summed E-state index contributed by atoms with van der Waals surface area (Å²) in [6, 6.07) is 12.9. The van der Waals surface area contributed by atoms with Crippen LogP contribution in [0.5, 0.6) is 5.75 Å². The van der Waals surface area contributed by atoms with Gasteiger partial charge in [0.05, 0.1) is 6.04 Å². The van der Waals surface area contributed by atoms with Crippen LogP contribution >= 0.6 is 12.4 Å². The molecule has 38 heavy (non-hydrogen) atoms. The van der Waals surface area contributed by atoms with E-state index in [9.17, 15) is 19.5 Å². The first-order chi connectivity index (χ1) is 17.2. The molecule has 0 aliphatic rings. The van der Waals surface area contributed by atoms with E-state index in [1.807, 2.05) is 24.3 Å². The number of rotatable bonds is 14. The van der Waals surface area contributed by atoms with E-state index < -0.39 is 12.1 Å². The Balaban J connectivity index is 0.00000684. The summed E-state index contributed by atoms with van der Waals surface area (Å²) in [5.74, 6) is 0.155. The third-order valence-electron chi connectivity index (χ3n) is 5.96. The van der Waals surface area contributed by atoms with Crippen LogP contribution in [0.4, 0.5) is 5.69 Å². The predicted molar refractivity (Wildman–Crippen MR) is 154 cm³/mol. The van der Waals surface area contributed by atoms with E-state index in [1.54, 1.807) is 38.2 Å². The minimum atomic E-state index is -0.743. The van der Waals surface area contributed by atoms with Crippen molar-refractivity contribution in [2.24, 2.45) is 5.92 Å². The van der Waals surface area contributed by atoms with Crippen LogP contribution in [0.1, 0.15) is 51.2 Å². The first-order valence-corrected chi connectivity index (χ1v) is 12.6. The maximum absolute atomic E-state index is 12.8. The van der Waals surface area contributed by atoms with Crippen molar-refractivity contribution in [3.05, 3.63) is 59.7 Å². The molecule has 0 aromatic heterocycles. The summed E-state index contributed by atoms with van der Waals surface area (Å²) in [6.07, 6.45) is 3.14. The Morgan fingerprint density at radius 3 is 2.24 bits per heavy atom. The summed E-state index contributed by atoms with van der Waals surface area (Å²) < 4.78 is 0. The van der Waals surface area contributed by atoms with Crippen molar-refractivity contribution in [2.45, 2.75) is 65.0 Å². The van der Waals surface area contributed by atoms with Crippen LogP contribution in [-0.2, 0) is 27.2 Å². The number of halogens is 1. The zero-order chi connectivity index (χ0) is 26.5. The van der Waals surface area contributed by atoms with Crippen molar-refractivity contribution in [1.29, 1.82) is 0 Å². The summed E-state index contributed by atoms with van der Waals surface area (Å²) in [7, 11) is 1.69. The van der Waals surface area contributed by atoms with E-state index in [0.29, 0.717) is 43.8 Å². The molecule has 0 saturated heterocycles. The second kappa shape index (κ2) is 18.2. The summed E-state index contributed by atoms with van der Waals surface area (Å²) in [5.41, 5.74) is 2.51. The molecule has 0 unspecified atom stereocenters. The lowest BCUT2D eigenvalue weighted by molar-refractivity contribution is -0.127. The van der Waals surface area contributed by atoms with Crippen LogP contribution < -0.4 is 21.3 Å². The van der Waals surface area contributed by atoms with Crippen LogP contribution in [0.2, 0.25) is 0 Å². The second-order valence-corrected chi connectivity index (χ2v) is 9.47. The van der Waals surface area contributed by atoms with E-state index >= 15 is 0 Å². The number of phenols is 1. The van der Waals surface area contributed by atoms with Gasteiger partial charge in [-0.25, -0.2) is 0 Å². The molecule has 10 heteroatoms. The van der Waals surface area contributed by atoms with Crippen molar-refractivity contribution in [2.75, 3.05) is 18.9 Å². The van der Waals surface area contributed by atoms with Gasteiger partial charge in [0.15, 0.2) is 0 Å². The van der Waals surface area contributed by atoms with E-state index in [2.05, 4.69) is 35.1 Å². The molecule has 0 saturated carbocycles. The molecule has 212 valence electrons. The Kier molecular flexibility index (Phi) is 16.7. The van der Waals surface area contributed by atoms with Crippen molar-refractivity contribution in [3.63, 3.8) is 0 Å². The molecular weight excluding hydrogens is 508 g/mol. The van der Waals surface area contributed by atoms with Gasteiger partial charge < -0.3 is 31.8 Å². The molecule has 2 aromatic rings. The summed E-state index contributed by atoms with van der Waals surface area (Å²) in [4.78, 5) is 37.6. The molecule has 0 radical (unpaired) electrons. The number of likely N-dealkylation sites (N-methyl/N-ethyl adjacent to an activating group) is 1. The molecule has 3 amide bonds. The normalized spacial score (nSPS) is 11.9. The van der Waals surface area contributed by atoms with Gasteiger partial charge in [0, 0.05) is 18.7 Å². The first-order valence-electron chi connectivity index (χ1n) is 12.6. The number of benzene rings is 2. The number of amides is 3. The lowest BCUT2D eigenvalue weighted by Crippen LogP contribution is -2.50. The number of carbonyl (C=O) groups excluding carboxylic acids is 3. The maximum atomic E-state index is 12.8. The van der Waals surface area contributed by atoms with Crippen LogP contribution in [0, 0.1) is 5.92 Å². The van der Waals surface area contributed by atoms with Gasteiger partial charge >= 0.3 is 0 Å². The number of para-hydroxylation sites is 1. The standard InChI is InChI=1S/C28H40N4O4.ClH.H2O/c1-19(2)16-17-30-26(34)11-7-9-22-8-5-6-10-24(22)32-27(35)20(3)31-28(36)25(29-4)18-21-12-14-23(33)15-13-21;;/h5-6,8,10,12-15,19-20,25,29,33H,7,9,11,16-18H2,1-4H3,(H,30,34)(H,31,36)(H,32,35);1H;1H2/t20-,25-;;/m0../s1. The molecule has 2 aromatic carbocycles. The number of anilines is 1. The molecule has 9 nitrogen and oxygen atoms in total. The lowest BCUT2D eigenvalue weighted by Gasteiger charge is -2.20. The molecule has 0 heterocycles. The fourth-order valence-electron chi connectivity index (χ4n) is 3.70. The SMILES string of the molecule is CN[C@@H](Cc1ccc(O)cc1)C(=O)N[C@@H](C)C(=O)Nc1ccccc1CCCC(=O)NCCC(C)C.Cl.O. The molecular formula is C28H43ClN4O5. The smallest absolute Gasteiger partial charge is 0.246 e. The van der Waals surface area contributed by atoms with E-state index in [-0.39, 0.29) is 41.4 Å². The number of phenolic OH excluding ortho intramolecular Hbond substituents is 1. The van der Waals surface area contributed by atoms with Gasteiger partial charge in [-0.2, -0.15) is 0 Å². The molecule has 0 bridgehead atoms. The number of aromatic hydroxyl groups is 1. The number of aryl methyl sites for hydroxylation is 1. The zero-order valence-electron chi connectivity index (χ0n) is 22.7. The lowest BCUT2D eigenvalue weighted by atomic mass is 10.0. The van der Waals surface area contributed by atoms with Crippen molar-refractivity contribution in [1.82, 2.24) is 16.0 Å². The van der Waals surface area contributed by atoms with Gasteiger partial charge in [-0.1, -0.05) is 44.2 Å². The van der Waals surface area contributed by atoms with Gasteiger partial charge in [-0.05, 0) is 74.9 Å². The number of carbonyl (C=O) groups is 3. The minimum Gasteiger partial charge on any atom is -0.508 e. The third kappa shape index (κ3) is 12.4. The average molecular weight is 551 g/mol. The van der Waals surface area contributed by atoms with Crippen molar-refractivity contribution >= 4 is 35.8 Å². The fourth-order valence-corrected chi connectivity index (χ4v) is 3.70. The Labute approximate surface area is 231 Å². The highest BCUT2D eigenvalue weighted by atomic mass is 35.5. The molecule has 2 atom stereocenters. The largest absolute Gasteiger partial charge is 0.508 e. The summed E-state index contributed by atoms with van der Waals surface area (Å²) >= 11 is 0. The Hall–Kier alpha value is -3.14. The molecule has 0 aliphatic heterocycles. The van der Waals surface area contributed by atoms with Gasteiger partial charge in [0.2, 0.25) is 17.7 Å². The molecule has 0 spiro atoms. The van der Waals surface area contributed by atoms with Gasteiger partial charge in [-0.3, -0.25) is 14.4 Å². The first kappa shape index (κ1) is 34.9. The van der Waals surface area contributed by atoms with E-state index in [1.165, 1.54) is 0 Å². The Morgan fingerprint density at radius 2 is 1.61 bits per heavy atom. The highest BCUT2D eigenvalue weighted by molar-refractivity contribution is 5.98. The predicted octanol–water partition coefficient (Wildman–Crippen LogP) is 2.75. The van der Waals surface area contributed by atoms with Gasteiger partial charge in [0.25, 0.3) is 0 Å². The number of hydrogen-bond acceptors (Lipinski definition) is 5. The highest BCUT2D eigenvalue weighted by Crippen LogP contribution is 2.18. The number of nitrogens with one attached hydrogen (secondary N) is 4. The molecule has 0 fully saturated rings. The highest BCUT2D eigenvalue weighted by Gasteiger charge is 2.22. The van der Waals surface area contributed by atoms with Crippen LogP contribution in [0.15, 0.2) is 48.5 Å². The summed E-state index contributed by atoms with van der Waals surface area (Å²) in [5, 5.41) is 21.0. The second-order valence-electron chi connectivity index (χ2n) is 9.47. The zero-order valence-corrected chi connectivity index (χ0v) is 23.5. The van der Waals surface area contributed by atoms with Crippen LogP contribution in [0.25, 0.3) is 0 Å². The molecule has 2 rings (SSSR count). The average Bonchev–Trinajstić information content (AvgIpc) is 2.84. The molecule has 7 N–H and O–H groups in total. The Morgan fingerprint density at radius 1 is 0.947 bits per heavy atom. The Bertz CT molecular complexity index is 1000. The van der Waals surface area contributed by atoms with Crippen molar-refractivity contribution in [3.8, 4) is 5.75 Å². The number of hydrogen-bond donors (Lipinski definition) is 5. The van der Waals surface area contributed by atoms with Gasteiger partial charge in [0.1, 0.15) is 11.8 Å². The third-order valence-corrected chi connectivity index (χ3v) is 5.96. The van der Waals surface area contributed by atoms with Gasteiger partial charge in [-0.15, -0.1) is 12.4 Å². The quantitative estimate of drug-likeness (QED) is 0.245. The minimum absolute atomic E-state index is 0. The fraction of sp³-hybridized carbons (Fsp3) is 0.464. The monoisotopic (exact) mass is 550 g/mol. The van der Waals surface area contributed by atoms with Crippen LogP contribution in [0.3, 0.4) is 0 Å².